The molecule has 2 rings (SSSR count). The predicted octanol–water partition coefficient (Wildman–Crippen LogP) is 2.36. The third kappa shape index (κ3) is 2.53. The smallest absolute Gasteiger partial charge is 0.276 e. The highest BCUT2D eigenvalue weighted by atomic mass is 35.5. The van der Waals surface area contributed by atoms with Gasteiger partial charge in [-0.3, -0.25) is 9.48 Å². The SMILES string of the molecule is Cc1nn(C)c(C(=O)Nc2ccc(Cl)c(F)c2)c1N. The van der Waals surface area contributed by atoms with E-state index >= 15 is 0 Å². The number of aromatic nitrogens is 2. The minimum absolute atomic E-state index is 0.00566. The van der Waals surface area contributed by atoms with Crippen molar-refractivity contribution in [3.63, 3.8) is 0 Å². The van der Waals surface area contributed by atoms with Crippen molar-refractivity contribution in [1.29, 1.82) is 0 Å². The number of carbonyl (C=O) groups is 1. The number of nitrogens with one attached hydrogen (secondary N) is 1. The van der Waals surface area contributed by atoms with Crippen LogP contribution in [0.2, 0.25) is 5.02 Å². The van der Waals surface area contributed by atoms with E-state index in [1.807, 2.05) is 0 Å². The van der Waals surface area contributed by atoms with Crippen LogP contribution < -0.4 is 11.1 Å². The number of nitrogen functional groups attached to an aromatic ring is 1. The molecule has 0 spiro atoms. The highest BCUT2D eigenvalue weighted by Crippen LogP contribution is 2.21. The largest absolute Gasteiger partial charge is 0.395 e. The van der Waals surface area contributed by atoms with Gasteiger partial charge in [0.15, 0.2) is 0 Å². The number of nitrogens with zero attached hydrogens (tertiary/aromatic N) is 2. The standard InChI is InChI=1S/C12H12ClFN4O/c1-6-10(15)11(18(2)17-6)12(19)16-7-3-4-8(13)9(14)5-7/h3-5H,15H2,1-2H3,(H,16,19). The molecule has 0 fully saturated rings. The summed E-state index contributed by atoms with van der Waals surface area (Å²) in [5.74, 6) is -1.06. The van der Waals surface area contributed by atoms with Gasteiger partial charge in [0.2, 0.25) is 0 Å². The Labute approximate surface area is 114 Å². The first kappa shape index (κ1) is 13.4. The Bertz CT molecular complexity index is 653. The number of hydrogen-bond donors (Lipinski definition) is 2. The van der Waals surface area contributed by atoms with E-state index in [0.717, 1.165) is 6.07 Å². The summed E-state index contributed by atoms with van der Waals surface area (Å²) in [6, 6.07) is 4.01. The number of rotatable bonds is 2. The number of hydrogen-bond acceptors (Lipinski definition) is 3. The molecule has 19 heavy (non-hydrogen) atoms. The zero-order valence-corrected chi connectivity index (χ0v) is 11.1. The summed E-state index contributed by atoms with van der Waals surface area (Å²) in [7, 11) is 1.61. The molecule has 0 radical (unpaired) electrons. The van der Waals surface area contributed by atoms with Gasteiger partial charge in [0.25, 0.3) is 5.91 Å². The van der Waals surface area contributed by atoms with Gasteiger partial charge >= 0.3 is 0 Å². The first-order valence-electron chi connectivity index (χ1n) is 5.45. The van der Waals surface area contributed by atoms with Crippen LogP contribution in [0.25, 0.3) is 0 Å². The van der Waals surface area contributed by atoms with Crippen LogP contribution in [-0.4, -0.2) is 15.7 Å². The summed E-state index contributed by atoms with van der Waals surface area (Å²) >= 11 is 5.57. The monoisotopic (exact) mass is 282 g/mol. The summed E-state index contributed by atoms with van der Waals surface area (Å²) in [6.45, 7) is 1.70. The van der Waals surface area contributed by atoms with Crippen LogP contribution in [-0.2, 0) is 7.05 Å². The van der Waals surface area contributed by atoms with Crippen LogP contribution in [0.3, 0.4) is 0 Å². The summed E-state index contributed by atoms with van der Waals surface area (Å²) in [4.78, 5) is 12.1. The first-order valence-corrected chi connectivity index (χ1v) is 5.83. The molecule has 7 heteroatoms. The molecule has 0 saturated heterocycles. The lowest BCUT2D eigenvalue weighted by Crippen LogP contribution is -2.17. The summed E-state index contributed by atoms with van der Waals surface area (Å²) in [6.07, 6.45) is 0. The second-order valence-corrected chi connectivity index (χ2v) is 4.46. The molecule has 2 aromatic rings. The molecule has 1 aromatic carbocycles. The van der Waals surface area contributed by atoms with Crippen LogP contribution in [0.5, 0.6) is 0 Å². The van der Waals surface area contributed by atoms with Crippen LogP contribution >= 0.6 is 11.6 Å². The fourth-order valence-electron chi connectivity index (χ4n) is 1.71. The van der Waals surface area contributed by atoms with Gasteiger partial charge in [-0.15, -0.1) is 0 Å². The molecule has 3 N–H and O–H groups in total. The Hall–Kier alpha value is -2.08. The van der Waals surface area contributed by atoms with Crippen LogP contribution in [0.15, 0.2) is 18.2 Å². The zero-order valence-electron chi connectivity index (χ0n) is 10.4. The van der Waals surface area contributed by atoms with Crippen molar-refractivity contribution in [1.82, 2.24) is 9.78 Å². The molecule has 1 heterocycles. The highest BCUT2D eigenvalue weighted by Gasteiger charge is 2.18. The highest BCUT2D eigenvalue weighted by molar-refractivity contribution is 6.30. The molecule has 0 saturated carbocycles. The van der Waals surface area contributed by atoms with E-state index in [-0.39, 0.29) is 10.7 Å². The molecule has 0 atom stereocenters. The zero-order chi connectivity index (χ0) is 14.2. The summed E-state index contributed by atoms with van der Waals surface area (Å²) in [5.41, 5.74) is 7.16. The second-order valence-electron chi connectivity index (χ2n) is 4.05. The number of carbonyl (C=O) groups excluding carboxylic acids is 1. The molecule has 100 valence electrons. The van der Waals surface area contributed by atoms with E-state index < -0.39 is 11.7 Å². The number of aryl methyl sites for hydroxylation is 2. The van der Waals surface area contributed by atoms with Crippen molar-refractivity contribution < 1.29 is 9.18 Å². The average Bonchev–Trinajstić information content (AvgIpc) is 2.58. The van der Waals surface area contributed by atoms with Crippen molar-refractivity contribution in [2.24, 2.45) is 7.05 Å². The van der Waals surface area contributed by atoms with Gasteiger partial charge < -0.3 is 11.1 Å². The van der Waals surface area contributed by atoms with Crippen molar-refractivity contribution in [3.05, 3.63) is 40.4 Å². The van der Waals surface area contributed by atoms with Gasteiger partial charge in [0.1, 0.15) is 11.5 Å². The molecule has 5 nitrogen and oxygen atoms in total. The third-order valence-corrected chi connectivity index (χ3v) is 2.97. The number of amides is 1. The normalized spacial score (nSPS) is 10.5. The van der Waals surface area contributed by atoms with Crippen molar-refractivity contribution in [2.45, 2.75) is 6.92 Å². The maximum absolute atomic E-state index is 13.3. The lowest BCUT2D eigenvalue weighted by Gasteiger charge is -2.07. The van der Waals surface area contributed by atoms with Gasteiger partial charge in [0, 0.05) is 12.7 Å². The molecular formula is C12H12ClFN4O. The minimum atomic E-state index is -0.603. The van der Waals surface area contributed by atoms with Crippen LogP contribution in [0, 0.1) is 12.7 Å². The molecule has 1 amide bonds. The molecule has 0 bridgehead atoms. The molecule has 0 aliphatic heterocycles. The Morgan fingerprint density at radius 3 is 2.74 bits per heavy atom. The van der Waals surface area contributed by atoms with E-state index in [9.17, 15) is 9.18 Å². The topological polar surface area (TPSA) is 72.9 Å². The average molecular weight is 283 g/mol. The van der Waals surface area contributed by atoms with Gasteiger partial charge in [-0.2, -0.15) is 5.10 Å². The quantitative estimate of drug-likeness (QED) is 0.888. The summed E-state index contributed by atoms with van der Waals surface area (Å²) < 4.78 is 14.7. The van der Waals surface area contributed by atoms with Gasteiger partial charge in [-0.1, -0.05) is 11.6 Å². The van der Waals surface area contributed by atoms with Crippen molar-refractivity contribution >= 4 is 28.9 Å². The van der Waals surface area contributed by atoms with E-state index in [2.05, 4.69) is 10.4 Å². The maximum atomic E-state index is 13.3. The maximum Gasteiger partial charge on any atom is 0.276 e. The number of nitrogens with two attached hydrogens (primary N) is 1. The molecular weight excluding hydrogens is 271 g/mol. The van der Waals surface area contributed by atoms with Crippen LogP contribution in [0.4, 0.5) is 15.8 Å². The predicted molar refractivity (Wildman–Crippen MR) is 71.7 cm³/mol. The fraction of sp³-hybridized carbons (Fsp3) is 0.167. The minimum Gasteiger partial charge on any atom is -0.395 e. The summed E-state index contributed by atoms with van der Waals surface area (Å²) in [5, 5.41) is 6.58. The Balaban J connectivity index is 2.28. The number of anilines is 2. The molecule has 0 unspecified atom stereocenters. The lowest BCUT2D eigenvalue weighted by molar-refractivity contribution is 0.101. The molecule has 0 aliphatic rings. The number of halogens is 2. The van der Waals surface area contributed by atoms with E-state index in [0.29, 0.717) is 17.1 Å². The van der Waals surface area contributed by atoms with Gasteiger partial charge in [-0.25, -0.2) is 4.39 Å². The lowest BCUT2D eigenvalue weighted by atomic mass is 10.2. The van der Waals surface area contributed by atoms with Crippen LogP contribution in [0.1, 0.15) is 16.2 Å². The third-order valence-electron chi connectivity index (χ3n) is 2.66. The van der Waals surface area contributed by atoms with Gasteiger partial charge in [-0.05, 0) is 25.1 Å². The number of benzene rings is 1. The first-order chi connectivity index (χ1) is 8.90. The molecule has 0 aliphatic carbocycles. The fourth-order valence-corrected chi connectivity index (χ4v) is 1.83. The van der Waals surface area contributed by atoms with Crippen molar-refractivity contribution in [3.8, 4) is 0 Å². The Morgan fingerprint density at radius 1 is 1.53 bits per heavy atom. The van der Waals surface area contributed by atoms with Crippen molar-refractivity contribution in [2.75, 3.05) is 11.1 Å². The second kappa shape index (κ2) is 4.89. The Kier molecular flexibility index (Phi) is 3.44. The van der Waals surface area contributed by atoms with Gasteiger partial charge in [0.05, 0.1) is 16.4 Å². The van der Waals surface area contributed by atoms with E-state index in [1.54, 1.807) is 14.0 Å². The van der Waals surface area contributed by atoms with E-state index in [4.69, 9.17) is 17.3 Å². The van der Waals surface area contributed by atoms with E-state index in [1.165, 1.54) is 16.8 Å². The Morgan fingerprint density at radius 2 is 2.21 bits per heavy atom. The molecule has 1 aromatic heterocycles.